The van der Waals surface area contributed by atoms with Crippen molar-refractivity contribution in [1.29, 1.82) is 0 Å². The molecule has 16 heavy (non-hydrogen) atoms. The molecule has 0 bridgehead atoms. The van der Waals surface area contributed by atoms with Gasteiger partial charge in [0.2, 0.25) is 5.88 Å². The van der Waals surface area contributed by atoms with E-state index in [4.69, 9.17) is 4.74 Å². The van der Waals surface area contributed by atoms with Crippen molar-refractivity contribution >= 4 is 5.65 Å². The first-order valence-electron chi connectivity index (χ1n) is 5.73. The van der Waals surface area contributed by atoms with Crippen LogP contribution in [0.15, 0.2) is 30.6 Å². The van der Waals surface area contributed by atoms with E-state index in [0.29, 0.717) is 0 Å². The van der Waals surface area contributed by atoms with Gasteiger partial charge in [-0.3, -0.25) is 0 Å². The van der Waals surface area contributed by atoms with Crippen LogP contribution in [0.1, 0.15) is 12.8 Å². The molecule has 84 valence electrons. The first-order valence-corrected chi connectivity index (χ1v) is 5.73. The van der Waals surface area contributed by atoms with Gasteiger partial charge in [0, 0.05) is 12.7 Å². The summed E-state index contributed by atoms with van der Waals surface area (Å²) < 4.78 is 7.82. The number of hydrogen-bond acceptors (Lipinski definition) is 3. The van der Waals surface area contributed by atoms with Crippen LogP contribution >= 0.6 is 0 Å². The molecular weight excluding hydrogens is 202 g/mol. The van der Waals surface area contributed by atoms with Crippen molar-refractivity contribution in [2.75, 3.05) is 13.1 Å². The van der Waals surface area contributed by atoms with Gasteiger partial charge in [0.15, 0.2) is 0 Å². The molecule has 1 unspecified atom stereocenters. The third-order valence-corrected chi connectivity index (χ3v) is 2.88. The minimum Gasteiger partial charge on any atom is -0.472 e. The van der Waals surface area contributed by atoms with Crippen molar-refractivity contribution in [3.8, 4) is 5.88 Å². The Bertz CT molecular complexity index is 441. The van der Waals surface area contributed by atoms with E-state index in [-0.39, 0.29) is 6.10 Å². The molecule has 0 amide bonds. The van der Waals surface area contributed by atoms with Crippen LogP contribution in [0.2, 0.25) is 0 Å². The maximum atomic E-state index is 5.85. The highest BCUT2D eigenvalue weighted by molar-refractivity contribution is 5.41. The summed E-state index contributed by atoms with van der Waals surface area (Å²) in [5, 5.41) is 3.33. The van der Waals surface area contributed by atoms with Gasteiger partial charge in [-0.2, -0.15) is 4.98 Å². The van der Waals surface area contributed by atoms with Crippen molar-refractivity contribution < 1.29 is 4.74 Å². The lowest BCUT2D eigenvalue weighted by molar-refractivity contribution is 0.161. The quantitative estimate of drug-likeness (QED) is 0.827. The van der Waals surface area contributed by atoms with E-state index < -0.39 is 0 Å². The number of aromatic nitrogens is 2. The van der Waals surface area contributed by atoms with Crippen molar-refractivity contribution in [3.05, 3.63) is 30.6 Å². The average molecular weight is 217 g/mol. The van der Waals surface area contributed by atoms with Crippen LogP contribution in [0.5, 0.6) is 5.88 Å². The molecule has 1 fully saturated rings. The second-order valence-corrected chi connectivity index (χ2v) is 4.13. The SMILES string of the molecule is c1ccn2cc(OC3CCCNC3)nc2c1. The zero-order chi connectivity index (χ0) is 10.8. The van der Waals surface area contributed by atoms with Crippen LogP contribution in [0.4, 0.5) is 0 Å². The standard InChI is InChI=1S/C12H15N3O/c1-2-7-15-9-12(14-11(15)5-1)16-10-4-3-6-13-8-10/h1-2,5,7,9-10,13H,3-4,6,8H2. The van der Waals surface area contributed by atoms with Gasteiger partial charge < -0.3 is 14.5 Å². The Hall–Kier alpha value is -1.55. The molecule has 4 nitrogen and oxygen atoms in total. The number of fused-ring (bicyclic) bond motifs is 1. The second-order valence-electron chi connectivity index (χ2n) is 4.13. The summed E-state index contributed by atoms with van der Waals surface area (Å²) in [6.45, 7) is 2.03. The van der Waals surface area contributed by atoms with Gasteiger partial charge >= 0.3 is 0 Å². The van der Waals surface area contributed by atoms with Crippen LogP contribution in [0.25, 0.3) is 5.65 Å². The Kier molecular flexibility index (Phi) is 2.50. The number of ether oxygens (including phenoxy) is 1. The summed E-state index contributed by atoms with van der Waals surface area (Å²) in [6.07, 6.45) is 6.47. The number of hydrogen-bond donors (Lipinski definition) is 1. The smallest absolute Gasteiger partial charge is 0.232 e. The Morgan fingerprint density at radius 2 is 2.44 bits per heavy atom. The van der Waals surface area contributed by atoms with E-state index in [1.165, 1.54) is 6.42 Å². The summed E-state index contributed by atoms with van der Waals surface area (Å²) >= 11 is 0. The second kappa shape index (κ2) is 4.14. The molecule has 1 saturated heterocycles. The van der Waals surface area contributed by atoms with Gasteiger partial charge in [0.1, 0.15) is 11.8 Å². The molecule has 1 atom stereocenters. The highest BCUT2D eigenvalue weighted by Crippen LogP contribution is 2.15. The number of imidazole rings is 1. The maximum absolute atomic E-state index is 5.85. The monoisotopic (exact) mass is 217 g/mol. The Labute approximate surface area is 94.3 Å². The van der Waals surface area contributed by atoms with E-state index in [2.05, 4.69) is 10.3 Å². The first-order chi connectivity index (χ1) is 7.92. The summed E-state index contributed by atoms with van der Waals surface area (Å²) in [4.78, 5) is 4.42. The zero-order valence-corrected chi connectivity index (χ0v) is 9.10. The highest BCUT2D eigenvalue weighted by Gasteiger charge is 2.15. The van der Waals surface area contributed by atoms with Gasteiger partial charge in [-0.1, -0.05) is 6.07 Å². The lowest BCUT2D eigenvalue weighted by atomic mass is 10.1. The number of nitrogens with one attached hydrogen (secondary N) is 1. The summed E-state index contributed by atoms with van der Waals surface area (Å²) in [6, 6.07) is 5.95. The molecule has 0 saturated carbocycles. The van der Waals surface area contributed by atoms with E-state index in [9.17, 15) is 0 Å². The van der Waals surface area contributed by atoms with Gasteiger partial charge in [-0.05, 0) is 31.5 Å². The molecule has 2 aromatic rings. The Morgan fingerprint density at radius 3 is 3.25 bits per heavy atom. The Morgan fingerprint density at radius 1 is 1.44 bits per heavy atom. The van der Waals surface area contributed by atoms with Crippen molar-refractivity contribution in [2.24, 2.45) is 0 Å². The topological polar surface area (TPSA) is 38.6 Å². The summed E-state index contributed by atoms with van der Waals surface area (Å²) in [5.41, 5.74) is 0.932. The zero-order valence-electron chi connectivity index (χ0n) is 9.10. The van der Waals surface area contributed by atoms with Crippen LogP contribution in [-0.4, -0.2) is 28.6 Å². The predicted octanol–water partition coefficient (Wildman–Crippen LogP) is 1.47. The predicted molar refractivity (Wildman–Crippen MR) is 61.7 cm³/mol. The van der Waals surface area contributed by atoms with Crippen LogP contribution < -0.4 is 10.1 Å². The molecular formula is C12H15N3O. The number of nitrogens with zero attached hydrogens (tertiary/aromatic N) is 2. The van der Waals surface area contributed by atoms with Gasteiger partial charge in [-0.25, -0.2) is 0 Å². The molecule has 3 heterocycles. The fourth-order valence-electron chi connectivity index (χ4n) is 2.06. The molecule has 2 aromatic heterocycles. The lowest BCUT2D eigenvalue weighted by Crippen LogP contribution is -2.37. The third kappa shape index (κ3) is 1.88. The van der Waals surface area contributed by atoms with Crippen LogP contribution in [0, 0.1) is 0 Å². The molecule has 3 rings (SSSR count). The first kappa shape index (κ1) is 9.66. The van der Waals surface area contributed by atoms with E-state index in [1.54, 1.807) is 0 Å². The van der Waals surface area contributed by atoms with Crippen LogP contribution in [-0.2, 0) is 0 Å². The normalized spacial score (nSPS) is 21.1. The molecule has 0 aromatic carbocycles. The summed E-state index contributed by atoms with van der Waals surface area (Å²) in [7, 11) is 0. The van der Waals surface area contributed by atoms with Crippen LogP contribution in [0.3, 0.4) is 0 Å². The van der Waals surface area contributed by atoms with Crippen molar-refractivity contribution in [1.82, 2.24) is 14.7 Å². The minimum absolute atomic E-state index is 0.263. The molecule has 0 spiro atoms. The minimum atomic E-state index is 0.263. The number of rotatable bonds is 2. The van der Waals surface area contributed by atoms with Crippen molar-refractivity contribution in [3.63, 3.8) is 0 Å². The number of piperidine rings is 1. The van der Waals surface area contributed by atoms with E-state index in [0.717, 1.165) is 31.0 Å². The highest BCUT2D eigenvalue weighted by atomic mass is 16.5. The van der Waals surface area contributed by atoms with E-state index >= 15 is 0 Å². The lowest BCUT2D eigenvalue weighted by Gasteiger charge is -2.22. The van der Waals surface area contributed by atoms with E-state index in [1.807, 2.05) is 35.0 Å². The molecule has 1 aliphatic heterocycles. The summed E-state index contributed by atoms with van der Waals surface area (Å²) in [5.74, 6) is 0.722. The number of pyridine rings is 1. The fourth-order valence-corrected chi connectivity index (χ4v) is 2.06. The molecule has 0 aliphatic carbocycles. The maximum Gasteiger partial charge on any atom is 0.232 e. The van der Waals surface area contributed by atoms with Crippen molar-refractivity contribution in [2.45, 2.75) is 18.9 Å². The average Bonchev–Trinajstić information content (AvgIpc) is 2.72. The third-order valence-electron chi connectivity index (χ3n) is 2.88. The van der Waals surface area contributed by atoms with Gasteiger partial charge in [0.25, 0.3) is 0 Å². The van der Waals surface area contributed by atoms with Gasteiger partial charge in [-0.15, -0.1) is 0 Å². The van der Waals surface area contributed by atoms with Gasteiger partial charge in [0.05, 0.1) is 6.20 Å². The molecule has 0 radical (unpaired) electrons. The molecule has 4 heteroatoms. The fraction of sp³-hybridized carbons (Fsp3) is 0.417. The Balaban J connectivity index is 1.78. The molecule has 1 N–H and O–H groups in total. The largest absolute Gasteiger partial charge is 0.472 e. The molecule has 1 aliphatic rings.